The van der Waals surface area contributed by atoms with E-state index in [-0.39, 0.29) is 22.4 Å². The van der Waals surface area contributed by atoms with Crippen molar-refractivity contribution in [3.63, 3.8) is 0 Å². The maximum atomic E-state index is 12.0. The Hall–Kier alpha value is -1.42. The summed E-state index contributed by atoms with van der Waals surface area (Å²) in [5.41, 5.74) is 5.71. The predicted molar refractivity (Wildman–Crippen MR) is 76.8 cm³/mol. The minimum Gasteiger partial charge on any atom is -0.489 e. The molecule has 0 aliphatic rings. The number of hydrogen-bond acceptors (Lipinski definition) is 4. The van der Waals surface area contributed by atoms with Crippen LogP contribution in [0.25, 0.3) is 0 Å². The van der Waals surface area contributed by atoms with Crippen molar-refractivity contribution < 1.29 is 14.3 Å². The molecule has 1 rings (SSSR count). The quantitative estimate of drug-likeness (QED) is 0.680. The molecule has 5 heteroatoms. The highest BCUT2D eigenvalue weighted by Gasteiger charge is 2.22. The second kappa shape index (κ2) is 5.70. The fraction of sp³-hybridized carbons (Fsp3) is 0.500. The lowest BCUT2D eigenvalue weighted by molar-refractivity contribution is 0.00708. The van der Waals surface area contributed by atoms with E-state index in [1.54, 1.807) is 32.9 Å². The van der Waals surface area contributed by atoms with Gasteiger partial charge in [0.1, 0.15) is 16.4 Å². The number of hydrogen-bond donors (Lipinski definition) is 1. The highest BCUT2D eigenvalue weighted by atomic mass is 35.5. The zero-order valence-corrected chi connectivity index (χ0v) is 12.7. The first-order chi connectivity index (χ1) is 8.61. The van der Waals surface area contributed by atoms with Crippen LogP contribution in [0.3, 0.4) is 0 Å². The molecule has 4 nitrogen and oxygen atoms in total. The summed E-state index contributed by atoms with van der Waals surface area (Å²) in [6.07, 6.45) is -0.0238. The van der Waals surface area contributed by atoms with Crippen LogP contribution in [0.4, 0.5) is 5.69 Å². The van der Waals surface area contributed by atoms with Crippen LogP contribution in [0, 0.1) is 0 Å². The average Bonchev–Trinajstić information content (AvgIpc) is 2.21. The fourth-order valence-corrected chi connectivity index (χ4v) is 1.64. The Balaban J connectivity index is 3.06. The average molecular weight is 286 g/mol. The standard InChI is InChI=1S/C14H20ClNO3/c1-8(2)18-10-7-6-9(12(16)11(10)15)13(17)19-14(3,4)5/h6-8H,16H2,1-5H3. The maximum absolute atomic E-state index is 12.0. The lowest BCUT2D eigenvalue weighted by atomic mass is 10.1. The Morgan fingerprint density at radius 2 is 1.89 bits per heavy atom. The summed E-state index contributed by atoms with van der Waals surface area (Å²) in [5.74, 6) is -0.0375. The Kier molecular flexibility index (Phi) is 4.69. The summed E-state index contributed by atoms with van der Waals surface area (Å²) in [6, 6.07) is 3.19. The molecule has 0 saturated heterocycles. The molecule has 2 N–H and O–H groups in total. The van der Waals surface area contributed by atoms with Gasteiger partial charge in [0.15, 0.2) is 0 Å². The van der Waals surface area contributed by atoms with Crippen LogP contribution < -0.4 is 10.5 Å². The van der Waals surface area contributed by atoms with Crippen molar-refractivity contribution >= 4 is 23.3 Å². The molecule has 0 fully saturated rings. The summed E-state index contributed by atoms with van der Waals surface area (Å²) in [7, 11) is 0. The maximum Gasteiger partial charge on any atom is 0.340 e. The number of esters is 1. The second-order valence-electron chi connectivity index (χ2n) is 5.51. The molecule has 0 amide bonds. The zero-order chi connectivity index (χ0) is 14.8. The van der Waals surface area contributed by atoms with Gasteiger partial charge in [-0.2, -0.15) is 0 Å². The Bertz CT molecular complexity index is 478. The van der Waals surface area contributed by atoms with Gasteiger partial charge in [0, 0.05) is 0 Å². The molecule has 0 spiro atoms. The van der Waals surface area contributed by atoms with E-state index < -0.39 is 11.6 Å². The van der Waals surface area contributed by atoms with E-state index in [2.05, 4.69) is 0 Å². The van der Waals surface area contributed by atoms with Crippen molar-refractivity contribution in [2.75, 3.05) is 5.73 Å². The minimum atomic E-state index is -0.580. The summed E-state index contributed by atoms with van der Waals surface area (Å²) in [5, 5.41) is 0.233. The Labute approximate surface area is 118 Å². The number of rotatable bonds is 3. The Morgan fingerprint density at radius 3 is 2.37 bits per heavy atom. The molecular weight excluding hydrogens is 266 g/mol. The number of benzene rings is 1. The molecule has 19 heavy (non-hydrogen) atoms. The van der Waals surface area contributed by atoms with Gasteiger partial charge in [0.05, 0.1) is 17.4 Å². The van der Waals surface area contributed by atoms with E-state index in [4.69, 9.17) is 26.8 Å². The summed E-state index contributed by atoms with van der Waals surface area (Å²) in [6.45, 7) is 9.14. The molecule has 0 heterocycles. The molecule has 0 saturated carbocycles. The molecule has 0 aliphatic heterocycles. The number of ether oxygens (including phenoxy) is 2. The summed E-state index contributed by atoms with van der Waals surface area (Å²) >= 11 is 6.10. The molecule has 0 aliphatic carbocycles. The first kappa shape index (κ1) is 15.6. The van der Waals surface area contributed by atoms with Crippen molar-refractivity contribution in [2.45, 2.75) is 46.3 Å². The molecule has 0 unspecified atom stereocenters. The van der Waals surface area contributed by atoms with Crippen LogP contribution in [-0.2, 0) is 4.74 Å². The van der Waals surface area contributed by atoms with Gasteiger partial charge in [0.25, 0.3) is 0 Å². The van der Waals surface area contributed by atoms with Crippen molar-refractivity contribution in [1.29, 1.82) is 0 Å². The van der Waals surface area contributed by atoms with Crippen LogP contribution in [0.1, 0.15) is 45.0 Å². The van der Waals surface area contributed by atoms with Gasteiger partial charge in [-0.3, -0.25) is 0 Å². The lowest BCUT2D eigenvalue weighted by Crippen LogP contribution is -2.24. The van der Waals surface area contributed by atoms with E-state index in [9.17, 15) is 4.79 Å². The van der Waals surface area contributed by atoms with Gasteiger partial charge in [-0.25, -0.2) is 4.79 Å². The SMILES string of the molecule is CC(C)Oc1ccc(C(=O)OC(C)(C)C)c(N)c1Cl. The van der Waals surface area contributed by atoms with Gasteiger partial charge >= 0.3 is 5.97 Å². The van der Waals surface area contributed by atoms with Crippen molar-refractivity contribution in [1.82, 2.24) is 0 Å². The van der Waals surface area contributed by atoms with Crippen LogP contribution >= 0.6 is 11.6 Å². The smallest absolute Gasteiger partial charge is 0.340 e. The molecule has 1 aromatic carbocycles. The summed E-state index contributed by atoms with van der Waals surface area (Å²) < 4.78 is 10.8. The van der Waals surface area contributed by atoms with Crippen LogP contribution in [0.5, 0.6) is 5.75 Å². The topological polar surface area (TPSA) is 61.5 Å². The van der Waals surface area contributed by atoms with Crippen molar-refractivity contribution in [3.05, 3.63) is 22.7 Å². The highest BCUT2D eigenvalue weighted by molar-refractivity contribution is 6.35. The third kappa shape index (κ3) is 4.31. The van der Waals surface area contributed by atoms with E-state index >= 15 is 0 Å². The van der Waals surface area contributed by atoms with Crippen LogP contribution in [-0.4, -0.2) is 17.7 Å². The normalized spacial score (nSPS) is 11.5. The zero-order valence-electron chi connectivity index (χ0n) is 11.9. The first-order valence-electron chi connectivity index (χ1n) is 6.10. The van der Waals surface area contributed by atoms with Gasteiger partial charge in [-0.1, -0.05) is 11.6 Å². The second-order valence-corrected chi connectivity index (χ2v) is 5.89. The number of nitrogens with two attached hydrogens (primary N) is 1. The summed E-state index contributed by atoms with van der Waals surface area (Å²) in [4.78, 5) is 12.0. The largest absolute Gasteiger partial charge is 0.489 e. The molecular formula is C14H20ClNO3. The number of nitrogen functional groups attached to an aromatic ring is 1. The van der Waals surface area contributed by atoms with E-state index in [0.717, 1.165) is 0 Å². The Morgan fingerprint density at radius 1 is 1.32 bits per heavy atom. The van der Waals surface area contributed by atoms with E-state index in [1.807, 2.05) is 13.8 Å². The van der Waals surface area contributed by atoms with Crippen LogP contribution in [0.15, 0.2) is 12.1 Å². The lowest BCUT2D eigenvalue weighted by Gasteiger charge is -2.21. The van der Waals surface area contributed by atoms with Crippen LogP contribution in [0.2, 0.25) is 5.02 Å². The predicted octanol–water partition coefficient (Wildman–Crippen LogP) is 3.66. The molecule has 0 radical (unpaired) electrons. The molecule has 0 aromatic heterocycles. The number of halogens is 1. The number of carbonyl (C=O) groups is 1. The van der Waals surface area contributed by atoms with E-state index in [1.165, 1.54) is 0 Å². The van der Waals surface area contributed by atoms with Gasteiger partial charge in [-0.05, 0) is 46.8 Å². The molecule has 0 bridgehead atoms. The monoisotopic (exact) mass is 285 g/mol. The van der Waals surface area contributed by atoms with Crippen molar-refractivity contribution in [2.24, 2.45) is 0 Å². The molecule has 106 valence electrons. The molecule has 1 aromatic rings. The van der Waals surface area contributed by atoms with E-state index in [0.29, 0.717) is 5.75 Å². The first-order valence-corrected chi connectivity index (χ1v) is 6.47. The highest BCUT2D eigenvalue weighted by Crippen LogP contribution is 2.34. The number of carbonyl (C=O) groups excluding carboxylic acids is 1. The molecule has 0 atom stereocenters. The third-order valence-corrected chi connectivity index (χ3v) is 2.52. The third-order valence-electron chi connectivity index (χ3n) is 2.13. The number of anilines is 1. The van der Waals surface area contributed by atoms with Gasteiger partial charge in [-0.15, -0.1) is 0 Å². The fourth-order valence-electron chi connectivity index (χ4n) is 1.43. The minimum absolute atomic E-state index is 0.0238. The van der Waals surface area contributed by atoms with Gasteiger partial charge in [0.2, 0.25) is 0 Å². The van der Waals surface area contributed by atoms with Crippen molar-refractivity contribution in [3.8, 4) is 5.75 Å². The van der Waals surface area contributed by atoms with Gasteiger partial charge < -0.3 is 15.2 Å².